The molecular weight excluding hydrogens is 360 g/mol. The average Bonchev–Trinajstić information content (AvgIpc) is 2.78. The quantitative estimate of drug-likeness (QED) is 0.651. The Morgan fingerprint density at radius 2 is 2.14 bits per heavy atom. The van der Waals surface area contributed by atoms with Gasteiger partial charge in [-0.3, -0.25) is 14.9 Å². The number of anilines is 1. The molecule has 2 aromatic rings. The summed E-state index contributed by atoms with van der Waals surface area (Å²) in [6.07, 6.45) is 0. The number of methoxy groups -OCH3 is 1. The molecule has 0 unspecified atom stereocenters. The molecule has 6 nitrogen and oxygen atoms in total. The number of hydrogen-bond donors (Lipinski definition) is 1. The van der Waals surface area contributed by atoms with Crippen LogP contribution in [0.5, 0.6) is 5.75 Å². The largest absolute Gasteiger partial charge is 0.495 e. The Kier molecular flexibility index (Phi) is 4.59. The lowest BCUT2D eigenvalue weighted by Crippen LogP contribution is -2.11. The predicted octanol–water partition coefficient (Wildman–Crippen LogP) is 3.99. The van der Waals surface area contributed by atoms with Crippen LogP contribution < -0.4 is 10.1 Å². The zero-order valence-electron chi connectivity index (χ0n) is 11.2. The van der Waals surface area contributed by atoms with E-state index in [0.29, 0.717) is 10.6 Å². The number of benzene rings is 1. The molecule has 0 aliphatic heterocycles. The first-order valence-corrected chi connectivity index (χ1v) is 7.43. The fourth-order valence-electron chi connectivity index (χ4n) is 1.66. The minimum absolute atomic E-state index is 0.116. The fraction of sp³-hybridized carbons (Fsp3) is 0.154. The molecule has 1 N–H and O–H groups in total. The smallest absolute Gasteiger partial charge is 0.271 e. The lowest BCUT2D eigenvalue weighted by atomic mass is 10.2. The maximum atomic E-state index is 12.2. The number of halogens is 1. The van der Waals surface area contributed by atoms with Crippen molar-refractivity contribution in [3.05, 3.63) is 48.6 Å². The first kappa shape index (κ1) is 15.5. The van der Waals surface area contributed by atoms with Gasteiger partial charge < -0.3 is 10.1 Å². The summed E-state index contributed by atoms with van der Waals surface area (Å²) in [5.41, 5.74) is 1.10. The third kappa shape index (κ3) is 3.40. The predicted molar refractivity (Wildman–Crippen MR) is 84.4 cm³/mol. The Morgan fingerprint density at radius 1 is 1.43 bits per heavy atom. The van der Waals surface area contributed by atoms with Gasteiger partial charge in [-0.2, -0.15) is 0 Å². The molecule has 0 atom stereocenters. The standard InChI is InChI=1S/C13H11BrN2O4S/c1-7-5-11(21-12(7)14)13(17)15-9-6-8(16(18)19)3-4-10(9)20-2/h3-6H,1-2H3,(H,15,17). The van der Waals surface area contributed by atoms with Gasteiger partial charge in [0.05, 0.1) is 26.4 Å². The second-order valence-corrected chi connectivity index (χ2v) is 6.53. The molecule has 0 spiro atoms. The van der Waals surface area contributed by atoms with Crippen LogP contribution in [0.25, 0.3) is 0 Å². The van der Waals surface area contributed by atoms with Crippen LogP contribution in [0.15, 0.2) is 28.1 Å². The first-order chi connectivity index (χ1) is 9.92. The zero-order valence-corrected chi connectivity index (χ0v) is 13.6. The molecule has 1 heterocycles. The Bertz CT molecular complexity index is 695. The number of ether oxygens (including phenoxy) is 1. The van der Waals surface area contributed by atoms with Gasteiger partial charge in [-0.25, -0.2) is 0 Å². The molecule has 1 aromatic carbocycles. The molecule has 110 valence electrons. The van der Waals surface area contributed by atoms with E-state index in [-0.39, 0.29) is 17.3 Å². The minimum Gasteiger partial charge on any atom is -0.495 e. The van der Waals surface area contributed by atoms with Crippen LogP contribution in [0.1, 0.15) is 15.2 Å². The number of nitro benzene ring substituents is 1. The summed E-state index contributed by atoms with van der Waals surface area (Å²) in [4.78, 5) is 23.0. The topological polar surface area (TPSA) is 81.5 Å². The van der Waals surface area contributed by atoms with E-state index in [9.17, 15) is 14.9 Å². The molecule has 0 radical (unpaired) electrons. The van der Waals surface area contributed by atoms with Gasteiger partial charge in [-0.15, -0.1) is 11.3 Å². The van der Waals surface area contributed by atoms with Gasteiger partial charge in [-0.1, -0.05) is 0 Å². The van der Waals surface area contributed by atoms with Crippen molar-refractivity contribution in [2.24, 2.45) is 0 Å². The summed E-state index contributed by atoms with van der Waals surface area (Å²) >= 11 is 4.65. The van der Waals surface area contributed by atoms with Crippen LogP contribution in [0.4, 0.5) is 11.4 Å². The van der Waals surface area contributed by atoms with Gasteiger partial charge in [-0.05, 0) is 40.5 Å². The summed E-state index contributed by atoms with van der Waals surface area (Å²) in [6.45, 7) is 1.88. The molecule has 1 aromatic heterocycles. The number of non-ortho nitro benzene ring substituents is 1. The molecule has 0 saturated heterocycles. The number of carbonyl (C=O) groups is 1. The summed E-state index contributed by atoms with van der Waals surface area (Å²) in [6, 6.07) is 5.78. The minimum atomic E-state index is -0.527. The number of aryl methyl sites for hydroxylation is 1. The van der Waals surface area contributed by atoms with Crippen LogP contribution in [-0.2, 0) is 0 Å². The molecule has 2 rings (SSSR count). The maximum absolute atomic E-state index is 12.2. The molecule has 0 aliphatic rings. The molecule has 0 bridgehead atoms. The highest BCUT2D eigenvalue weighted by atomic mass is 79.9. The lowest BCUT2D eigenvalue weighted by Gasteiger charge is -2.09. The van der Waals surface area contributed by atoms with Crippen molar-refractivity contribution < 1.29 is 14.5 Å². The number of rotatable bonds is 4. The van der Waals surface area contributed by atoms with Crippen LogP contribution in [0.3, 0.4) is 0 Å². The van der Waals surface area contributed by atoms with Crippen molar-refractivity contribution in [1.29, 1.82) is 0 Å². The number of carbonyl (C=O) groups excluding carboxylic acids is 1. The normalized spacial score (nSPS) is 10.2. The van der Waals surface area contributed by atoms with Gasteiger partial charge in [0.1, 0.15) is 5.75 Å². The van der Waals surface area contributed by atoms with Crippen LogP contribution in [-0.4, -0.2) is 17.9 Å². The summed E-state index contributed by atoms with van der Waals surface area (Å²) < 4.78 is 5.98. The maximum Gasteiger partial charge on any atom is 0.271 e. The van der Waals surface area contributed by atoms with Gasteiger partial charge in [0.25, 0.3) is 11.6 Å². The molecule has 8 heteroatoms. The number of nitrogens with zero attached hydrogens (tertiary/aromatic N) is 1. The van der Waals surface area contributed by atoms with Crippen LogP contribution >= 0.6 is 27.3 Å². The Labute approximate surface area is 133 Å². The molecule has 0 saturated carbocycles. The van der Waals surface area contributed by atoms with Crippen molar-refractivity contribution in [1.82, 2.24) is 0 Å². The number of thiophene rings is 1. The summed E-state index contributed by atoms with van der Waals surface area (Å²) in [5, 5.41) is 13.4. The first-order valence-electron chi connectivity index (χ1n) is 5.82. The van der Waals surface area contributed by atoms with Gasteiger partial charge in [0, 0.05) is 12.1 Å². The Balaban J connectivity index is 2.31. The van der Waals surface area contributed by atoms with E-state index in [1.807, 2.05) is 6.92 Å². The molecular formula is C13H11BrN2O4S. The fourth-order valence-corrected chi connectivity index (χ4v) is 3.09. The number of amides is 1. The van der Waals surface area contributed by atoms with E-state index in [4.69, 9.17) is 4.74 Å². The van der Waals surface area contributed by atoms with Gasteiger partial charge in [0.2, 0.25) is 0 Å². The highest BCUT2D eigenvalue weighted by molar-refractivity contribution is 9.11. The summed E-state index contributed by atoms with van der Waals surface area (Å²) in [5.74, 6) is 0.0221. The number of nitro groups is 1. The van der Waals surface area contributed by atoms with E-state index < -0.39 is 4.92 Å². The van der Waals surface area contributed by atoms with Gasteiger partial charge in [0.15, 0.2) is 0 Å². The second kappa shape index (κ2) is 6.23. The molecule has 0 fully saturated rings. The second-order valence-electron chi connectivity index (χ2n) is 4.16. The van der Waals surface area contributed by atoms with Crippen molar-refractivity contribution in [3.63, 3.8) is 0 Å². The van der Waals surface area contributed by atoms with E-state index >= 15 is 0 Å². The van der Waals surface area contributed by atoms with Crippen molar-refractivity contribution in [2.75, 3.05) is 12.4 Å². The van der Waals surface area contributed by atoms with E-state index in [2.05, 4.69) is 21.2 Å². The van der Waals surface area contributed by atoms with E-state index in [1.54, 1.807) is 6.07 Å². The lowest BCUT2D eigenvalue weighted by molar-refractivity contribution is -0.384. The number of hydrogen-bond acceptors (Lipinski definition) is 5. The Hall–Kier alpha value is -1.93. The molecule has 0 aliphatic carbocycles. The SMILES string of the molecule is COc1ccc([N+](=O)[O-])cc1NC(=O)c1cc(C)c(Br)s1. The van der Waals surface area contributed by atoms with E-state index in [1.165, 1.54) is 36.6 Å². The Morgan fingerprint density at radius 3 is 2.67 bits per heavy atom. The summed E-state index contributed by atoms with van der Waals surface area (Å²) in [7, 11) is 1.43. The third-order valence-electron chi connectivity index (χ3n) is 2.72. The van der Waals surface area contributed by atoms with Crippen molar-refractivity contribution in [3.8, 4) is 5.75 Å². The van der Waals surface area contributed by atoms with Crippen molar-refractivity contribution in [2.45, 2.75) is 6.92 Å². The zero-order chi connectivity index (χ0) is 15.6. The monoisotopic (exact) mass is 370 g/mol. The third-order valence-corrected chi connectivity index (χ3v) is 4.86. The van der Waals surface area contributed by atoms with Crippen LogP contribution in [0, 0.1) is 17.0 Å². The van der Waals surface area contributed by atoms with E-state index in [0.717, 1.165) is 9.35 Å². The molecule has 1 amide bonds. The molecule has 21 heavy (non-hydrogen) atoms. The van der Waals surface area contributed by atoms with Crippen molar-refractivity contribution >= 4 is 44.5 Å². The highest BCUT2D eigenvalue weighted by Gasteiger charge is 2.16. The highest BCUT2D eigenvalue weighted by Crippen LogP contribution is 2.31. The van der Waals surface area contributed by atoms with Gasteiger partial charge >= 0.3 is 0 Å². The number of nitrogens with one attached hydrogen (secondary N) is 1. The average molecular weight is 371 g/mol. The van der Waals surface area contributed by atoms with Crippen LogP contribution in [0.2, 0.25) is 0 Å².